The van der Waals surface area contributed by atoms with Gasteiger partial charge in [-0.25, -0.2) is 4.79 Å². The molecule has 2 rings (SSSR count). The molecule has 1 heterocycles. The van der Waals surface area contributed by atoms with Crippen LogP contribution >= 0.6 is 0 Å². The predicted molar refractivity (Wildman–Crippen MR) is 76.7 cm³/mol. The van der Waals surface area contributed by atoms with E-state index in [1.807, 2.05) is 13.8 Å². The molecule has 20 heavy (non-hydrogen) atoms. The molecule has 0 radical (unpaired) electrons. The first-order chi connectivity index (χ1) is 9.52. The van der Waals surface area contributed by atoms with Crippen LogP contribution in [0.5, 0.6) is 0 Å². The molecule has 108 valence electrons. The van der Waals surface area contributed by atoms with E-state index in [9.17, 15) is 9.59 Å². The number of anilines is 1. The fourth-order valence-electron chi connectivity index (χ4n) is 2.16. The second-order valence-electron chi connectivity index (χ2n) is 5.22. The zero-order valence-electron chi connectivity index (χ0n) is 12.0. The van der Waals surface area contributed by atoms with Crippen molar-refractivity contribution < 1.29 is 14.3 Å². The van der Waals surface area contributed by atoms with Crippen molar-refractivity contribution in [1.82, 2.24) is 5.32 Å². The smallest absolute Gasteiger partial charge is 0.338 e. The lowest BCUT2D eigenvalue weighted by molar-refractivity contribution is -0.121. The van der Waals surface area contributed by atoms with Gasteiger partial charge in [0.05, 0.1) is 12.7 Å². The molecule has 5 heteroatoms. The minimum Gasteiger partial charge on any atom is -0.465 e. The Hall–Kier alpha value is -1.88. The molecule has 1 aromatic rings. The number of carbonyl (C=O) groups excluding carboxylic acids is 2. The Morgan fingerprint density at radius 2 is 2.10 bits per heavy atom. The zero-order chi connectivity index (χ0) is 14.7. The van der Waals surface area contributed by atoms with E-state index < -0.39 is 5.97 Å². The van der Waals surface area contributed by atoms with Gasteiger partial charge in [0, 0.05) is 11.6 Å². The molecule has 0 aromatic heterocycles. The highest BCUT2D eigenvalue weighted by atomic mass is 16.5. The molecule has 5 nitrogen and oxygen atoms in total. The minimum atomic E-state index is -0.394. The summed E-state index contributed by atoms with van der Waals surface area (Å²) in [5, 5.41) is 6.02. The van der Waals surface area contributed by atoms with Crippen molar-refractivity contribution in [3.05, 3.63) is 29.3 Å². The van der Waals surface area contributed by atoms with E-state index >= 15 is 0 Å². The predicted octanol–water partition coefficient (Wildman–Crippen LogP) is 1.58. The number of amides is 1. The summed E-state index contributed by atoms with van der Waals surface area (Å²) in [6, 6.07) is 5.26. The van der Waals surface area contributed by atoms with E-state index in [1.54, 1.807) is 18.2 Å². The van der Waals surface area contributed by atoms with Crippen molar-refractivity contribution in [3.8, 4) is 0 Å². The Bertz CT molecular complexity index is 524. The highest BCUT2D eigenvalue weighted by Gasteiger charge is 2.28. The third-order valence-corrected chi connectivity index (χ3v) is 3.84. The maximum Gasteiger partial charge on any atom is 0.338 e. The fourth-order valence-corrected chi connectivity index (χ4v) is 2.16. The number of carbonyl (C=O) groups is 2. The monoisotopic (exact) mass is 276 g/mol. The number of hydrogen-bond donors (Lipinski definition) is 2. The van der Waals surface area contributed by atoms with Crippen molar-refractivity contribution in [3.63, 3.8) is 0 Å². The summed E-state index contributed by atoms with van der Waals surface area (Å²) in [4.78, 5) is 23.8. The first kappa shape index (κ1) is 14.5. The lowest BCUT2D eigenvalue weighted by Gasteiger charge is -2.31. The van der Waals surface area contributed by atoms with Gasteiger partial charge in [0.25, 0.3) is 0 Å². The summed E-state index contributed by atoms with van der Waals surface area (Å²) in [6.45, 7) is 5.53. The molecule has 0 spiro atoms. The van der Waals surface area contributed by atoms with E-state index in [-0.39, 0.29) is 11.8 Å². The molecule has 1 amide bonds. The highest BCUT2D eigenvalue weighted by Crippen LogP contribution is 2.20. The van der Waals surface area contributed by atoms with E-state index in [4.69, 9.17) is 4.74 Å². The first-order valence-corrected chi connectivity index (χ1v) is 6.73. The second kappa shape index (κ2) is 6.05. The molecule has 0 bridgehead atoms. The normalized spacial score (nSPS) is 16.1. The Kier molecular flexibility index (Phi) is 4.39. The van der Waals surface area contributed by atoms with Crippen LogP contribution in [-0.2, 0) is 9.53 Å². The molecule has 1 aliphatic heterocycles. The number of esters is 1. The number of methoxy groups -OCH3 is 1. The van der Waals surface area contributed by atoms with E-state index in [0.29, 0.717) is 17.2 Å². The number of rotatable bonds is 4. The summed E-state index contributed by atoms with van der Waals surface area (Å²) >= 11 is 0. The number of aryl methyl sites for hydroxylation is 1. The average molecular weight is 276 g/mol. The van der Waals surface area contributed by atoms with Crippen LogP contribution in [0.25, 0.3) is 0 Å². The van der Waals surface area contributed by atoms with Crippen LogP contribution in [0.2, 0.25) is 0 Å². The lowest BCUT2D eigenvalue weighted by Crippen LogP contribution is -2.48. The number of nitrogens with one attached hydrogen (secondary N) is 2. The van der Waals surface area contributed by atoms with E-state index in [1.165, 1.54) is 7.11 Å². The molecule has 1 unspecified atom stereocenters. The topological polar surface area (TPSA) is 67.4 Å². The molecule has 1 aliphatic rings. The molecular weight excluding hydrogens is 256 g/mol. The standard InChI is InChI=1S/C15H20N2O3/c1-9-4-5-12(6-13(9)15(19)20-3)17-14(18)10(2)11-7-16-8-11/h4-6,10-11,16H,7-8H2,1-3H3,(H,17,18). The molecule has 1 aromatic carbocycles. The summed E-state index contributed by atoms with van der Waals surface area (Å²) < 4.78 is 4.73. The number of ether oxygens (including phenoxy) is 1. The minimum absolute atomic E-state index is 0.0174. The average Bonchev–Trinajstić information content (AvgIpc) is 2.38. The largest absolute Gasteiger partial charge is 0.465 e. The van der Waals surface area contributed by atoms with Gasteiger partial charge >= 0.3 is 5.97 Å². The molecule has 2 N–H and O–H groups in total. The zero-order valence-corrected chi connectivity index (χ0v) is 12.0. The highest BCUT2D eigenvalue weighted by molar-refractivity contribution is 5.96. The van der Waals surface area contributed by atoms with Gasteiger partial charge in [-0.3, -0.25) is 4.79 Å². The van der Waals surface area contributed by atoms with Crippen molar-refractivity contribution >= 4 is 17.6 Å². The van der Waals surface area contributed by atoms with Gasteiger partial charge in [0.15, 0.2) is 0 Å². The Balaban J connectivity index is 2.09. The van der Waals surface area contributed by atoms with Crippen LogP contribution in [0, 0.1) is 18.8 Å². The molecule has 0 saturated carbocycles. The molecule has 0 aliphatic carbocycles. The lowest BCUT2D eigenvalue weighted by atomic mass is 9.88. The van der Waals surface area contributed by atoms with Crippen LogP contribution in [0.3, 0.4) is 0 Å². The van der Waals surface area contributed by atoms with Crippen LogP contribution in [0.4, 0.5) is 5.69 Å². The molecule has 1 fully saturated rings. The maximum absolute atomic E-state index is 12.1. The number of hydrogen-bond acceptors (Lipinski definition) is 4. The molecular formula is C15H20N2O3. The Morgan fingerprint density at radius 1 is 1.40 bits per heavy atom. The van der Waals surface area contributed by atoms with Crippen LogP contribution in [0.1, 0.15) is 22.8 Å². The summed E-state index contributed by atoms with van der Waals surface area (Å²) in [5.74, 6) is -0.0642. The number of benzene rings is 1. The summed E-state index contributed by atoms with van der Waals surface area (Å²) in [5.41, 5.74) is 1.93. The van der Waals surface area contributed by atoms with Crippen molar-refractivity contribution in [2.24, 2.45) is 11.8 Å². The maximum atomic E-state index is 12.1. The fraction of sp³-hybridized carbons (Fsp3) is 0.467. The van der Waals surface area contributed by atoms with Gasteiger partial charge in [0.1, 0.15) is 0 Å². The SMILES string of the molecule is COC(=O)c1cc(NC(=O)C(C)C2CNC2)ccc1C. The van der Waals surface area contributed by atoms with Gasteiger partial charge in [-0.2, -0.15) is 0 Å². The van der Waals surface area contributed by atoms with Gasteiger partial charge in [0.2, 0.25) is 5.91 Å². The van der Waals surface area contributed by atoms with Gasteiger partial charge < -0.3 is 15.4 Å². The molecule has 1 atom stereocenters. The van der Waals surface area contributed by atoms with Gasteiger partial charge in [-0.05, 0) is 43.6 Å². The summed E-state index contributed by atoms with van der Waals surface area (Å²) in [6.07, 6.45) is 0. The van der Waals surface area contributed by atoms with Crippen LogP contribution in [-0.4, -0.2) is 32.1 Å². The quantitative estimate of drug-likeness (QED) is 0.819. The van der Waals surface area contributed by atoms with Crippen molar-refractivity contribution in [2.75, 3.05) is 25.5 Å². The van der Waals surface area contributed by atoms with Gasteiger partial charge in [-0.15, -0.1) is 0 Å². The summed E-state index contributed by atoms with van der Waals surface area (Å²) in [7, 11) is 1.35. The Labute approximate surface area is 118 Å². The van der Waals surface area contributed by atoms with E-state index in [0.717, 1.165) is 18.7 Å². The first-order valence-electron chi connectivity index (χ1n) is 6.73. The Morgan fingerprint density at radius 3 is 2.65 bits per heavy atom. The third-order valence-electron chi connectivity index (χ3n) is 3.84. The van der Waals surface area contributed by atoms with E-state index in [2.05, 4.69) is 10.6 Å². The molecule has 1 saturated heterocycles. The van der Waals surface area contributed by atoms with Gasteiger partial charge in [-0.1, -0.05) is 13.0 Å². The van der Waals surface area contributed by atoms with Crippen molar-refractivity contribution in [1.29, 1.82) is 0 Å². The van der Waals surface area contributed by atoms with Crippen LogP contribution in [0.15, 0.2) is 18.2 Å². The third kappa shape index (κ3) is 2.99. The second-order valence-corrected chi connectivity index (χ2v) is 5.22. The van der Waals surface area contributed by atoms with Crippen LogP contribution < -0.4 is 10.6 Å². The van der Waals surface area contributed by atoms with Crippen molar-refractivity contribution in [2.45, 2.75) is 13.8 Å².